The second-order valence-corrected chi connectivity index (χ2v) is 5.23. The molecule has 88 valence electrons. The van der Waals surface area contributed by atoms with Crippen molar-refractivity contribution in [2.75, 3.05) is 11.4 Å². The third-order valence-electron chi connectivity index (χ3n) is 3.44. The molecule has 2 nitrogen and oxygen atoms in total. The monoisotopic (exact) mass is 282 g/mol. The van der Waals surface area contributed by atoms with Gasteiger partial charge in [0, 0.05) is 29.3 Å². The van der Waals surface area contributed by atoms with Gasteiger partial charge in [-0.1, -0.05) is 28.9 Å². The van der Waals surface area contributed by atoms with Crippen molar-refractivity contribution in [3.8, 4) is 0 Å². The van der Waals surface area contributed by atoms with Crippen LogP contribution in [-0.4, -0.2) is 12.6 Å². The Kier molecular flexibility index (Phi) is 3.87. The van der Waals surface area contributed by atoms with E-state index in [0.29, 0.717) is 6.54 Å². The first-order chi connectivity index (χ1) is 7.76. The van der Waals surface area contributed by atoms with E-state index in [1.54, 1.807) is 0 Å². The van der Waals surface area contributed by atoms with E-state index < -0.39 is 0 Å². The van der Waals surface area contributed by atoms with Gasteiger partial charge in [0.1, 0.15) is 0 Å². The first kappa shape index (κ1) is 11.9. The summed E-state index contributed by atoms with van der Waals surface area (Å²) >= 11 is 3.59. The summed E-state index contributed by atoms with van der Waals surface area (Å²) in [4.78, 5) is 2.52. The average molecular weight is 283 g/mol. The summed E-state index contributed by atoms with van der Waals surface area (Å²) < 4.78 is 1.13. The van der Waals surface area contributed by atoms with E-state index in [1.807, 2.05) is 0 Å². The first-order valence-electron chi connectivity index (χ1n) is 6.01. The van der Waals surface area contributed by atoms with Gasteiger partial charge in [-0.15, -0.1) is 0 Å². The van der Waals surface area contributed by atoms with Crippen molar-refractivity contribution in [2.24, 2.45) is 5.73 Å². The van der Waals surface area contributed by atoms with Crippen LogP contribution in [0.1, 0.15) is 31.7 Å². The van der Waals surface area contributed by atoms with Crippen LogP contribution in [0.15, 0.2) is 22.7 Å². The van der Waals surface area contributed by atoms with Crippen molar-refractivity contribution in [2.45, 2.75) is 38.8 Å². The highest BCUT2D eigenvalue weighted by Crippen LogP contribution is 2.30. The van der Waals surface area contributed by atoms with E-state index in [0.717, 1.165) is 10.5 Å². The van der Waals surface area contributed by atoms with Gasteiger partial charge >= 0.3 is 0 Å². The lowest BCUT2D eigenvalue weighted by molar-refractivity contribution is 0.645. The molecule has 1 aliphatic heterocycles. The third-order valence-corrected chi connectivity index (χ3v) is 4.17. The molecule has 0 aliphatic carbocycles. The Morgan fingerprint density at radius 3 is 2.94 bits per heavy atom. The molecular weight excluding hydrogens is 264 g/mol. The number of nitrogens with zero attached hydrogens (tertiary/aromatic N) is 1. The smallest absolute Gasteiger partial charge is 0.0380 e. The van der Waals surface area contributed by atoms with Crippen LogP contribution in [-0.2, 0) is 6.54 Å². The fourth-order valence-corrected chi connectivity index (χ4v) is 3.01. The zero-order valence-corrected chi connectivity index (χ0v) is 11.3. The summed E-state index contributed by atoms with van der Waals surface area (Å²) in [5.74, 6) is 0. The van der Waals surface area contributed by atoms with Crippen molar-refractivity contribution in [3.63, 3.8) is 0 Å². The molecule has 1 aromatic carbocycles. The van der Waals surface area contributed by atoms with E-state index in [1.165, 1.54) is 37.1 Å². The van der Waals surface area contributed by atoms with E-state index >= 15 is 0 Å². The van der Waals surface area contributed by atoms with Crippen LogP contribution in [0.2, 0.25) is 0 Å². The molecule has 1 aromatic rings. The zero-order valence-electron chi connectivity index (χ0n) is 9.75. The van der Waals surface area contributed by atoms with Crippen molar-refractivity contribution in [3.05, 3.63) is 28.2 Å². The van der Waals surface area contributed by atoms with Gasteiger partial charge in [0.05, 0.1) is 0 Å². The fourth-order valence-electron chi connectivity index (χ4n) is 2.48. The lowest BCUT2D eigenvalue weighted by Crippen LogP contribution is -2.28. The number of hydrogen-bond donors (Lipinski definition) is 1. The molecule has 2 N–H and O–H groups in total. The SMILES string of the molecule is CCC1CCCN1c1ccc(CN)c(Br)c1. The molecule has 1 fully saturated rings. The average Bonchev–Trinajstić information content (AvgIpc) is 2.77. The van der Waals surface area contributed by atoms with Crippen molar-refractivity contribution >= 4 is 21.6 Å². The van der Waals surface area contributed by atoms with Crippen LogP contribution < -0.4 is 10.6 Å². The summed E-state index contributed by atoms with van der Waals surface area (Å²) in [6, 6.07) is 7.25. The fraction of sp³-hybridized carbons (Fsp3) is 0.538. The standard InChI is InChI=1S/C13H19BrN2/c1-2-11-4-3-7-16(11)12-6-5-10(9-15)13(14)8-12/h5-6,8,11H,2-4,7,9,15H2,1H3. The molecule has 1 aliphatic rings. The van der Waals surface area contributed by atoms with Crippen LogP contribution in [0.3, 0.4) is 0 Å². The number of hydrogen-bond acceptors (Lipinski definition) is 2. The second kappa shape index (κ2) is 5.19. The van der Waals surface area contributed by atoms with Gasteiger partial charge in [-0.3, -0.25) is 0 Å². The largest absolute Gasteiger partial charge is 0.369 e. The van der Waals surface area contributed by atoms with Gasteiger partial charge in [-0.2, -0.15) is 0 Å². The maximum atomic E-state index is 5.66. The minimum Gasteiger partial charge on any atom is -0.369 e. The van der Waals surface area contributed by atoms with E-state index in [2.05, 4.69) is 46.0 Å². The molecule has 0 bridgehead atoms. The molecule has 2 rings (SSSR count). The molecule has 0 radical (unpaired) electrons. The molecule has 0 saturated carbocycles. The van der Waals surface area contributed by atoms with Crippen LogP contribution in [0, 0.1) is 0 Å². The molecular formula is C13H19BrN2. The number of benzene rings is 1. The summed E-state index contributed by atoms with van der Waals surface area (Å²) in [5.41, 5.74) is 8.17. The predicted octanol–water partition coefficient (Wildman–Crippen LogP) is 3.29. The van der Waals surface area contributed by atoms with E-state index in [-0.39, 0.29) is 0 Å². The van der Waals surface area contributed by atoms with Gasteiger partial charge in [0.15, 0.2) is 0 Å². The highest BCUT2D eigenvalue weighted by atomic mass is 79.9. The first-order valence-corrected chi connectivity index (χ1v) is 6.80. The summed E-state index contributed by atoms with van der Waals surface area (Å²) in [5, 5.41) is 0. The van der Waals surface area contributed by atoms with Crippen molar-refractivity contribution in [1.82, 2.24) is 0 Å². The van der Waals surface area contributed by atoms with Crippen molar-refractivity contribution < 1.29 is 0 Å². The van der Waals surface area contributed by atoms with Crippen LogP contribution >= 0.6 is 15.9 Å². The van der Waals surface area contributed by atoms with Gasteiger partial charge in [-0.25, -0.2) is 0 Å². The lowest BCUT2D eigenvalue weighted by Gasteiger charge is -2.26. The van der Waals surface area contributed by atoms with Gasteiger partial charge in [-0.05, 0) is 37.0 Å². The maximum Gasteiger partial charge on any atom is 0.0380 e. The Balaban J connectivity index is 2.23. The summed E-state index contributed by atoms with van der Waals surface area (Å²) in [6.07, 6.45) is 3.87. The lowest BCUT2D eigenvalue weighted by atomic mass is 10.1. The van der Waals surface area contributed by atoms with E-state index in [9.17, 15) is 0 Å². The van der Waals surface area contributed by atoms with Crippen LogP contribution in [0.4, 0.5) is 5.69 Å². The molecule has 16 heavy (non-hydrogen) atoms. The Hall–Kier alpha value is -0.540. The predicted molar refractivity (Wildman–Crippen MR) is 72.7 cm³/mol. The number of halogens is 1. The highest BCUT2D eigenvalue weighted by molar-refractivity contribution is 9.10. The second-order valence-electron chi connectivity index (χ2n) is 4.38. The summed E-state index contributed by atoms with van der Waals surface area (Å²) in [6.45, 7) is 4.05. The normalized spacial score (nSPS) is 20.4. The Bertz CT molecular complexity index is 365. The number of rotatable bonds is 3. The maximum absolute atomic E-state index is 5.66. The molecule has 0 aromatic heterocycles. The molecule has 1 saturated heterocycles. The number of anilines is 1. The highest BCUT2D eigenvalue weighted by Gasteiger charge is 2.23. The zero-order chi connectivity index (χ0) is 11.5. The molecule has 3 heteroatoms. The molecule has 0 spiro atoms. The van der Waals surface area contributed by atoms with Gasteiger partial charge in [0.25, 0.3) is 0 Å². The Morgan fingerprint density at radius 1 is 1.50 bits per heavy atom. The summed E-state index contributed by atoms with van der Waals surface area (Å²) in [7, 11) is 0. The van der Waals surface area contributed by atoms with Gasteiger partial charge < -0.3 is 10.6 Å². The molecule has 1 heterocycles. The number of nitrogens with two attached hydrogens (primary N) is 1. The minimum atomic E-state index is 0.595. The Labute approximate surface area is 106 Å². The molecule has 1 atom stereocenters. The van der Waals surface area contributed by atoms with Gasteiger partial charge in [0.2, 0.25) is 0 Å². The van der Waals surface area contributed by atoms with Crippen LogP contribution in [0.25, 0.3) is 0 Å². The molecule has 0 amide bonds. The van der Waals surface area contributed by atoms with E-state index in [4.69, 9.17) is 5.73 Å². The topological polar surface area (TPSA) is 29.3 Å². The molecule has 1 unspecified atom stereocenters. The Morgan fingerprint density at radius 2 is 2.31 bits per heavy atom. The third kappa shape index (κ3) is 2.25. The quantitative estimate of drug-likeness (QED) is 0.922. The minimum absolute atomic E-state index is 0.595. The van der Waals surface area contributed by atoms with Crippen LogP contribution in [0.5, 0.6) is 0 Å². The van der Waals surface area contributed by atoms with Crippen molar-refractivity contribution in [1.29, 1.82) is 0 Å².